The highest BCUT2D eigenvalue weighted by Gasteiger charge is 2.12. The molecule has 3 N–H and O–H groups in total. The summed E-state index contributed by atoms with van der Waals surface area (Å²) in [6.07, 6.45) is 1.77. The number of aromatic nitrogens is 1. The molecule has 3 aromatic rings. The number of carbonyl (C=O) groups excluding carboxylic acids is 2. The molecule has 0 aliphatic carbocycles. The van der Waals surface area contributed by atoms with Gasteiger partial charge in [0, 0.05) is 34.7 Å². The van der Waals surface area contributed by atoms with Crippen LogP contribution in [0.25, 0.3) is 0 Å². The van der Waals surface area contributed by atoms with Crippen molar-refractivity contribution in [3.63, 3.8) is 0 Å². The Bertz CT molecular complexity index is 971. The predicted octanol–water partition coefficient (Wildman–Crippen LogP) is 3.36. The lowest BCUT2D eigenvalue weighted by Gasteiger charge is -2.02. The number of benzene rings is 2. The molecule has 5 nitrogen and oxygen atoms in total. The molecule has 3 rings (SSSR count). The molecule has 0 fully saturated rings. The van der Waals surface area contributed by atoms with Crippen molar-refractivity contribution in [2.45, 2.75) is 6.42 Å². The summed E-state index contributed by atoms with van der Waals surface area (Å²) in [4.78, 5) is 28.0. The summed E-state index contributed by atoms with van der Waals surface area (Å²) in [5, 5.41) is 2.99. The number of halogens is 2. The highest BCUT2D eigenvalue weighted by atomic mass is 32.1. The van der Waals surface area contributed by atoms with Crippen molar-refractivity contribution in [2.75, 3.05) is 5.32 Å². The second-order valence-corrected chi connectivity index (χ2v) is 6.56. The normalized spacial score (nSPS) is 10.5. The van der Waals surface area contributed by atoms with Gasteiger partial charge in [-0.05, 0) is 35.9 Å². The first kappa shape index (κ1) is 17.7. The lowest BCUT2D eigenvalue weighted by Crippen LogP contribution is -2.13. The molecule has 0 atom stereocenters. The molecule has 26 heavy (non-hydrogen) atoms. The molecule has 0 saturated heterocycles. The third kappa shape index (κ3) is 4.09. The fourth-order valence-electron chi connectivity index (χ4n) is 2.25. The van der Waals surface area contributed by atoms with Crippen LogP contribution >= 0.6 is 11.3 Å². The largest absolute Gasteiger partial charge is 0.366 e. The van der Waals surface area contributed by atoms with Gasteiger partial charge in [0.1, 0.15) is 11.6 Å². The van der Waals surface area contributed by atoms with Crippen LogP contribution in [0.4, 0.5) is 13.9 Å². The summed E-state index contributed by atoms with van der Waals surface area (Å²) in [5.41, 5.74) is 6.14. The van der Waals surface area contributed by atoms with Crippen LogP contribution < -0.4 is 11.1 Å². The van der Waals surface area contributed by atoms with Crippen molar-refractivity contribution in [3.8, 4) is 0 Å². The van der Waals surface area contributed by atoms with Gasteiger partial charge >= 0.3 is 0 Å². The third-order valence-corrected chi connectivity index (χ3v) is 4.50. The molecule has 0 spiro atoms. The Morgan fingerprint density at radius 1 is 1.08 bits per heavy atom. The van der Waals surface area contributed by atoms with E-state index in [4.69, 9.17) is 5.73 Å². The molecular weight excluding hydrogens is 360 g/mol. The quantitative estimate of drug-likeness (QED) is 0.719. The first-order valence-electron chi connectivity index (χ1n) is 7.52. The number of primary amides is 1. The number of hydrogen-bond donors (Lipinski definition) is 2. The van der Waals surface area contributed by atoms with E-state index in [-0.39, 0.29) is 6.42 Å². The first-order chi connectivity index (χ1) is 12.4. The smallest absolute Gasteiger partial charge is 0.257 e. The molecular formula is C18H13F2N3O2S. The number of rotatable bonds is 5. The van der Waals surface area contributed by atoms with Crippen molar-refractivity contribution in [2.24, 2.45) is 5.73 Å². The average molecular weight is 373 g/mol. The van der Waals surface area contributed by atoms with E-state index in [1.807, 2.05) is 0 Å². The lowest BCUT2D eigenvalue weighted by molar-refractivity contribution is 0.0995. The summed E-state index contributed by atoms with van der Waals surface area (Å²) >= 11 is 1.19. The Kier molecular flexibility index (Phi) is 5.04. The SMILES string of the molecule is NC(=O)c1ccc(C(=O)Nc2ncc(Cc3ccc(F)cc3F)s2)cc1. The van der Waals surface area contributed by atoms with Gasteiger partial charge in [-0.3, -0.25) is 14.9 Å². The van der Waals surface area contributed by atoms with E-state index in [1.165, 1.54) is 53.9 Å². The molecule has 1 heterocycles. The van der Waals surface area contributed by atoms with Gasteiger partial charge < -0.3 is 5.73 Å². The van der Waals surface area contributed by atoms with E-state index in [0.29, 0.717) is 21.8 Å². The van der Waals surface area contributed by atoms with E-state index in [9.17, 15) is 18.4 Å². The Morgan fingerprint density at radius 3 is 2.42 bits per heavy atom. The number of nitrogens with one attached hydrogen (secondary N) is 1. The molecule has 132 valence electrons. The summed E-state index contributed by atoms with van der Waals surface area (Å²) < 4.78 is 26.6. The fourth-order valence-corrected chi connectivity index (χ4v) is 3.09. The number of amides is 2. The minimum absolute atomic E-state index is 0.243. The highest BCUT2D eigenvalue weighted by molar-refractivity contribution is 7.15. The second kappa shape index (κ2) is 7.40. The number of anilines is 1. The minimum atomic E-state index is -0.633. The van der Waals surface area contributed by atoms with Gasteiger partial charge in [-0.2, -0.15) is 0 Å². The summed E-state index contributed by atoms with van der Waals surface area (Å²) in [5.74, 6) is -2.23. The van der Waals surface area contributed by atoms with Gasteiger partial charge in [-0.15, -0.1) is 11.3 Å². The molecule has 2 amide bonds. The Balaban J connectivity index is 1.67. The highest BCUT2D eigenvalue weighted by Crippen LogP contribution is 2.23. The van der Waals surface area contributed by atoms with E-state index in [2.05, 4.69) is 10.3 Å². The first-order valence-corrected chi connectivity index (χ1v) is 8.34. The molecule has 0 aliphatic rings. The summed E-state index contributed by atoms with van der Waals surface area (Å²) in [7, 11) is 0. The van der Waals surface area contributed by atoms with Crippen LogP contribution in [0.15, 0.2) is 48.7 Å². The van der Waals surface area contributed by atoms with Crippen LogP contribution in [0.5, 0.6) is 0 Å². The maximum atomic E-state index is 13.7. The molecule has 0 saturated carbocycles. The zero-order valence-corrected chi connectivity index (χ0v) is 14.1. The third-order valence-electron chi connectivity index (χ3n) is 3.59. The van der Waals surface area contributed by atoms with Crippen molar-refractivity contribution in [1.82, 2.24) is 4.98 Å². The van der Waals surface area contributed by atoms with Gasteiger partial charge in [-0.25, -0.2) is 13.8 Å². The second-order valence-electron chi connectivity index (χ2n) is 5.44. The summed E-state index contributed by atoms with van der Waals surface area (Å²) in [6.45, 7) is 0. The molecule has 0 aliphatic heterocycles. The zero-order valence-electron chi connectivity index (χ0n) is 13.3. The molecule has 8 heteroatoms. The number of nitrogens with zero attached hydrogens (tertiary/aromatic N) is 1. The molecule has 2 aromatic carbocycles. The van der Waals surface area contributed by atoms with Gasteiger partial charge in [0.15, 0.2) is 5.13 Å². The Morgan fingerprint density at radius 2 is 1.77 bits per heavy atom. The Hall–Kier alpha value is -3.13. The van der Waals surface area contributed by atoms with Gasteiger partial charge in [-0.1, -0.05) is 6.07 Å². The van der Waals surface area contributed by atoms with Crippen LogP contribution in [-0.2, 0) is 6.42 Å². The number of thiazole rings is 1. The number of nitrogens with two attached hydrogens (primary N) is 1. The molecule has 1 aromatic heterocycles. The maximum Gasteiger partial charge on any atom is 0.257 e. The number of hydrogen-bond acceptors (Lipinski definition) is 4. The fraction of sp³-hybridized carbons (Fsp3) is 0.0556. The number of carbonyl (C=O) groups is 2. The van der Waals surface area contributed by atoms with Crippen LogP contribution in [0.1, 0.15) is 31.2 Å². The van der Waals surface area contributed by atoms with E-state index < -0.39 is 23.4 Å². The van der Waals surface area contributed by atoms with E-state index in [1.54, 1.807) is 0 Å². The van der Waals surface area contributed by atoms with E-state index >= 15 is 0 Å². The molecule has 0 bridgehead atoms. The minimum Gasteiger partial charge on any atom is -0.366 e. The van der Waals surface area contributed by atoms with Gasteiger partial charge in [0.05, 0.1) is 0 Å². The van der Waals surface area contributed by atoms with Crippen molar-refractivity contribution < 1.29 is 18.4 Å². The molecule has 0 unspecified atom stereocenters. The van der Waals surface area contributed by atoms with Crippen molar-refractivity contribution in [3.05, 3.63) is 81.9 Å². The van der Waals surface area contributed by atoms with E-state index in [0.717, 1.165) is 10.9 Å². The van der Waals surface area contributed by atoms with Crippen LogP contribution in [0.2, 0.25) is 0 Å². The lowest BCUT2D eigenvalue weighted by atomic mass is 10.1. The van der Waals surface area contributed by atoms with Gasteiger partial charge in [0.2, 0.25) is 5.91 Å². The van der Waals surface area contributed by atoms with Gasteiger partial charge in [0.25, 0.3) is 5.91 Å². The Labute approximate surface area is 151 Å². The molecule has 0 radical (unpaired) electrons. The maximum absolute atomic E-state index is 13.7. The van der Waals surface area contributed by atoms with Crippen molar-refractivity contribution >= 4 is 28.3 Å². The monoisotopic (exact) mass is 373 g/mol. The van der Waals surface area contributed by atoms with Crippen LogP contribution in [-0.4, -0.2) is 16.8 Å². The zero-order chi connectivity index (χ0) is 18.7. The topological polar surface area (TPSA) is 85.1 Å². The standard InChI is InChI=1S/C18H13F2N3O2S/c19-13-6-5-12(15(20)8-13)7-14-9-22-18(26-14)23-17(25)11-3-1-10(2-4-11)16(21)24/h1-6,8-9H,7H2,(H2,21,24)(H,22,23,25). The van der Waals surface area contributed by atoms with Crippen molar-refractivity contribution in [1.29, 1.82) is 0 Å². The van der Waals surface area contributed by atoms with Crippen LogP contribution in [0.3, 0.4) is 0 Å². The predicted molar refractivity (Wildman–Crippen MR) is 94.2 cm³/mol. The average Bonchev–Trinajstić information content (AvgIpc) is 3.04. The van der Waals surface area contributed by atoms with Crippen LogP contribution in [0, 0.1) is 11.6 Å². The summed E-state index contributed by atoms with van der Waals surface area (Å²) in [6, 6.07) is 9.29.